The van der Waals surface area contributed by atoms with Gasteiger partial charge in [0.25, 0.3) is 0 Å². The minimum atomic E-state index is 0.395. The first kappa shape index (κ1) is 13.4. The Balaban J connectivity index is 1.80. The monoisotopic (exact) mass is 248 g/mol. The van der Waals surface area contributed by atoms with Crippen LogP contribution in [0.3, 0.4) is 0 Å². The van der Waals surface area contributed by atoms with Gasteiger partial charge in [0.1, 0.15) is 5.75 Å². The van der Waals surface area contributed by atoms with Crippen molar-refractivity contribution in [1.82, 2.24) is 10.2 Å². The largest absolute Gasteiger partial charge is 0.497 e. The van der Waals surface area contributed by atoms with Crippen LogP contribution in [0.1, 0.15) is 24.8 Å². The molecule has 1 aliphatic carbocycles. The Hall–Kier alpha value is -1.06. The van der Waals surface area contributed by atoms with Crippen molar-refractivity contribution in [3.8, 4) is 5.75 Å². The molecule has 3 nitrogen and oxygen atoms in total. The summed E-state index contributed by atoms with van der Waals surface area (Å²) in [6, 6.07) is 8.27. The van der Waals surface area contributed by atoms with Crippen LogP contribution in [0.2, 0.25) is 0 Å². The van der Waals surface area contributed by atoms with Crippen molar-refractivity contribution < 1.29 is 4.74 Å². The van der Waals surface area contributed by atoms with Crippen molar-refractivity contribution >= 4 is 0 Å². The molecule has 0 heterocycles. The Morgan fingerprint density at radius 2 is 1.89 bits per heavy atom. The van der Waals surface area contributed by atoms with Gasteiger partial charge in [0.05, 0.1) is 7.11 Å². The van der Waals surface area contributed by atoms with Crippen molar-refractivity contribution in [3.63, 3.8) is 0 Å². The third-order valence-electron chi connectivity index (χ3n) is 4.18. The van der Waals surface area contributed by atoms with E-state index in [1.807, 2.05) is 12.1 Å². The van der Waals surface area contributed by atoms with Crippen molar-refractivity contribution in [1.29, 1.82) is 0 Å². The minimum absolute atomic E-state index is 0.395. The van der Waals surface area contributed by atoms with E-state index in [1.54, 1.807) is 7.11 Å². The van der Waals surface area contributed by atoms with Gasteiger partial charge in [-0.15, -0.1) is 0 Å². The fraction of sp³-hybridized carbons (Fsp3) is 0.600. The average Bonchev–Trinajstić information content (AvgIpc) is 2.33. The number of rotatable bonds is 6. The molecular formula is C15H24N2O. The fourth-order valence-electron chi connectivity index (χ4n) is 2.55. The molecule has 0 amide bonds. The van der Waals surface area contributed by atoms with Crippen LogP contribution < -0.4 is 10.1 Å². The van der Waals surface area contributed by atoms with Gasteiger partial charge in [0.15, 0.2) is 0 Å². The van der Waals surface area contributed by atoms with Crippen LogP contribution in [0.4, 0.5) is 0 Å². The van der Waals surface area contributed by atoms with Gasteiger partial charge < -0.3 is 15.0 Å². The Morgan fingerprint density at radius 1 is 1.22 bits per heavy atom. The molecule has 0 aliphatic heterocycles. The molecule has 0 spiro atoms. The van der Waals surface area contributed by atoms with E-state index in [4.69, 9.17) is 4.74 Å². The van der Waals surface area contributed by atoms with Gasteiger partial charge in [0.2, 0.25) is 0 Å². The smallest absolute Gasteiger partial charge is 0.118 e. The maximum Gasteiger partial charge on any atom is 0.118 e. The van der Waals surface area contributed by atoms with Crippen LogP contribution in [-0.2, 0) is 6.54 Å². The van der Waals surface area contributed by atoms with Crippen molar-refractivity contribution in [2.24, 2.45) is 0 Å². The lowest BCUT2D eigenvalue weighted by Crippen LogP contribution is -2.56. The highest BCUT2D eigenvalue weighted by atomic mass is 16.5. The summed E-state index contributed by atoms with van der Waals surface area (Å²) in [5.74, 6) is 0.919. The van der Waals surface area contributed by atoms with Gasteiger partial charge in [-0.3, -0.25) is 0 Å². The van der Waals surface area contributed by atoms with Crippen molar-refractivity contribution in [3.05, 3.63) is 29.8 Å². The molecule has 0 atom stereocenters. The second-order valence-electron chi connectivity index (χ2n) is 5.42. The second kappa shape index (κ2) is 5.72. The Bertz CT molecular complexity index is 369. The van der Waals surface area contributed by atoms with E-state index in [2.05, 4.69) is 36.4 Å². The number of nitrogens with zero attached hydrogens (tertiary/aromatic N) is 1. The van der Waals surface area contributed by atoms with E-state index in [0.29, 0.717) is 5.54 Å². The van der Waals surface area contributed by atoms with Gasteiger partial charge >= 0.3 is 0 Å². The standard InChI is InChI=1S/C15H24N2O/c1-17(2)15(9-4-10-15)12-16-11-13-5-7-14(18-3)8-6-13/h5-8,16H,4,9-12H2,1-3H3. The summed E-state index contributed by atoms with van der Waals surface area (Å²) in [5.41, 5.74) is 1.70. The normalized spacial score (nSPS) is 17.6. The van der Waals surface area contributed by atoms with Gasteiger partial charge in [-0.25, -0.2) is 0 Å². The Kier molecular flexibility index (Phi) is 4.25. The van der Waals surface area contributed by atoms with Crippen molar-refractivity contribution in [2.45, 2.75) is 31.3 Å². The highest BCUT2D eigenvalue weighted by Gasteiger charge is 2.38. The van der Waals surface area contributed by atoms with Crippen LogP contribution in [0.25, 0.3) is 0 Å². The summed E-state index contributed by atoms with van der Waals surface area (Å²) < 4.78 is 5.16. The average molecular weight is 248 g/mol. The lowest BCUT2D eigenvalue weighted by atomic mass is 9.75. The highest BCUT2D eigenvalue weighted by Crippen LogP contribution is 2.35. The molecular weight excluding hydrogens is 224 g/mol. The first-order valence-corrected chi connectivity index (χ1v) is 6.67. The lowest BCUT2D eigenvalue weighted by Gasteiger charge is -2.47. The van der Waals surface area contributed by atoms with E-state index in [9.17, 15) is 0 Å². The molecule has 0 radical (unpaired) electrons. The highest BCUT2D eigenvalue weighted by molar-refractivity contribution is 5.27. The molecule has 1 N–H and O–H groups in total. The second-order valence-corrected chi connectivity index (χ2v) is 5.42. The number of methoxy groups -OCH3 is 1. The number of benzene rings is 1. The Morgan fingerprint density at radius 3 is 2.33 bits per heavy atom. The molecule has 1 fully saturated rings. The van der Waals surface area contributed by atoms with E-state index in [1.165, 1.54) is 24.8 Å². The Labute approximate surface area is 110 Å². The van der Waals surface area contributed by atoms with E-state index in [-0.39, 0.29) is 0 Å². The molecule has 1 saturated carbocycles. The number of hydrogen-bond acceptors (Lipinski definition) is 3. The van der Waals surface area contributed by atoms with Crippen LogP contribution in [0, 0.1) is 0 Å². The zero-order valence-electron chi connectivity index (χ0n) is 11.7. The SMILES string of the molecule is COc1ccc(CNCC2(N(C)C)CCC2)cc1. The summed E-state index contributed by atoms with van der Waals surface area (Å²) in [4.78, 5) is 2.37. The quantitative estimate of drug-likeness (QED) is 0.836. The van der Waals surface area contributed by atoms with Crippen molar-refractivity contribution in [2.75, 3.05) is 27.7 Å². The number of hydrogen-bond donors (Lipinski definition) is 1. The van der Waals surface area contributed by atoms with E-state index in [0.717, 1.165) is 18.8 Å². The predicted octanol–water partition coefficient (Wildman–Crippen LogP) is 2.27. The van der Waals surface area contributed by atoms with E-state index >= 15 is 0 Å². The molecule has 1 aliphatic rings. The topological polar surface area (TPSA) is 24.5 Å². The fourth-order valence-corrected chi connectivity index (χ4v) is 2.55. The molecule has 0 bridgehead atoms. The van der Waals surface area contributed by atoms with Gasteiger partial charge in [-0.1, -0.05) is 12.1 Å². The summed E-state index contributed by atoms with van der Waals surface area (Å²) in [5, 5.41) is 3.58. The molecule has 100 valence electrons. The number of ether oxygens (including phenoxy) is 1. The zero-order chi connectivity index (χ0) is 13.0. The molecule has 18 heavy (non-hydrogen) atoms. The first-order chi connectivity index (χ1) is 8.66. The molecule has 0 aromatic heterocycles. The predicted molar refractivity (Wildman–Crippen MR) is 75.0 cm³/mol. The summed E-state index contributed by atoms with van der Waals surface area (Å²) in [6.07, 6.45) is 3.99. The molecule has 0 saturated heterocycles. The zero-order valence-corrected chi connectivity index (χ0v) is 11.7. The molecule has 3 heteroatoms. The van der Waals surface area contributed by atoms with Gasteiger partial charge in [0, 0.05) is 18.6 Å². The maximum atomic E-state index is 5.16. The van der Waals surface area contributed by atoms with Gasteiger partial charge in [-0.05, 0) is 51.1 Å². The summed E-state index contributed by atoms with van der Waals surface area (Å²) in [7, 11) is 6.08. The lowest BCUT2D eigenvalue weighted by molar-refractivity contribution is 0.0598. The van der Waals surface area contributed by atoms with Crippen LogP contribution in [0.5, 0.6) is 5.75 Å². The number of likely N-dealkylation sites (N-methyl/N-ethyl adjacent to an activating group) is 1. The third kappa shape index (κ3) is 2.85. The minimum Gasteiger partial charge on any atom is -0.497 e. The van der Waals surface area contributed by atoms with Gasteiger partial charge in [-0.2, -0.15) is 0 Å². The maximum absolute atomic E-state index is 5.16. The molecule has 0 unspecified atom stereocenters. The first-order valence-electron chi connectivity index (χ1n) is 6.67. The molecule has 1 aromatic carbocycles. The van der Waals surface area contributed by atoms with Crippen LogP contribution >= 0.6 is 0 Å². The van der Waals surface area contributed by atoms with Crippen LogP contribution in [0.15, 0.2) is 24.3 Å². The summed E-state index contributed by atoms with van der Waals surface area (Å²) in [6.45, 7) is 2.01. The van der Waals surface area contributed by atoms with E-state index < -0.39 is 0 Å². The third-order valence-corrected chi connectivity index (χ3v) is 4.18. The summed E-state index contributed by atoms with van der Waals surface area (Å²) >= 11 is 0. The molecule has 1 aromatic rings. The van der Waals surface area contributed by atoms with Crippen LogP contribution in [-0.4, -0.2) is 38.2 Å². The molecule has 2 rings (SSSR count). The number of nitrogens with one attached hydrogen (secondary N) is 1.